The molecule has 0 bridgehead atoms. The van der Waals surface area contributed by atoms with E-state index in [9.17, 15) is 0 Å². The number of hydrogen-bond donors (Lipinski definition) is 0. The van der Waals surface area contributed by atoms with Crippen LogP contribution in [0.1, 0.15) is 39.1 Å². The molecule has 0 unspecified atom stereocenters. The molecule has 0 spiro atoms. The molecule has 4 aliphatic heterocycles. The number of hydrogen-bond acceptors (Lipinski definition) is 8. The van der Waals surface area contributed by atoms with Crippen molar-refractivity contribution in [2.75, 3.05) is 13.1 Å². The van der Waals surface area contributed by atoms with Crippen molar-refractivity contribution in [3.63, 3.8) is 0 Å². The molecule has 230 valence electrons. The van der Waals surface area contributed by atoms with Crippen molar-refractivity contribution >= 4 is 34.9 Å². The number of pyridine rings is 2. The van der Waals surface area contributed by atoms with Crippen LogP contribution in [-0.4, -0.2) is 52.8 Å². The van der Waals surface area contributed by atoms with Gasteiger partial charge in [-0.05, 0) is 86.1 Å². The maximum absolute atomic E-state index is 6.52. The lowest BCUT2D eigenvalue weighted by atomic mass is 9.35. The summed E-state index contributed by atoms with van der Waals surface area (Å²) in [5.74, 6) is 4.44. The molecule has 0 aliphatic carbocycles. The van der Waals surface area contributed by atoms with Crippen LogP contribution in [0.5, 0.6) is 23.0 Å². The molecule has 47 heavy (non-hydrogen) atoms. The quantitative estimate of drug-likeness (QED) is 0.237. The van der Waals surface area contributed by atoms with E-state index in [1.54, 1.807) is 0 Å². The van der Waals surface area contributed by atoms with E-state index < -0.39 is 0 Å². The van der Waals surface area contributed by atoms with Gasteiger partial charge in [-0.2, -0.15) is 0 Å². The van der Waals surface area contributed by atoms with Gasteiger partial charge in [0, 0.05) is 29.0 Å². The molecule has 0 N–H and O–H groups in total. The average Bonchev–Trinajstić information content (AvgIpc) is 3.64. The molecular weight excluding hydrogens is 587 g/mol. The van der Waals surface area contributed by atoms with E-state index in [4.69, 9.17) is 18.9 Å². The van der Waals surface area contributed by atoms with Crippen LogP contribution in [0, 0.1) is 0 Å². The van der Waals surface area contributed by atoms with Crippen LogP contribution in [0.2, 0.25) is 0 Å². The van der Waals surface area contributed by atoms with E-state index in [1.165, 1.54) is 0 Å². The highest BCUT2D eigenvalue weighted by molar-refractivity contribution is 6.98. The molecule has 0 saturated heterocycles. The highest BCUT2D eigenvalue weighted by atomic mass is 16.5. The summed E-state index contributed by atoms with van der Waals surface area (Å²) in [6, 6.07) is 26.8. The monoisotopic (exact) mass is 618 g/mol. The number of rotatable bonds is 4. The van der Waals surface area contributed by atoms with Crippen molar-refractivity contribution in [1.82, 2.24) is 9.97 Å². The fraction of sp³-hybridized carbons (Fsp3) is 0.211. The van der Waals surface area contributed by atoms with Crippen LogP contribution >= 0.6 is 0 Å². The summed E-state index contributed by atoms with van der Waals surface area (Å²) in [6.45, 7) is 9.35. The number of aromatic nitrogens is 2. The third-order valence-corrected chi connectivity index (χ3v) is 8.99. The Morgan fingerprint density at radius 1 is 0.553 bits per heavy atom. The summed E-state index contributed by atoms with van der Waals surface area (Å²) < 4.78 is 25.0. The number of fused-ring (bicyclic) bond motifs is 4. The van der Waals surface area contributed by atoms with Crippen molar-refractivity contribution in [2.24, 2.45) is 9.98 Å². The summed E-state index contributed by atoms with van der Waals surface area (Å²) in [6.07, 6.45) is 3.73. The molecule has 9 heteroatoms. The molecule has 2 aromatic heterocycles. The van der Waals surface area contributed by atoms with Crippen LogP contribution in [0.4, 0.5) is 0 Å². The molecule has 3 aromatic carbocycles. The van der Waals surface area contributed by atoms with Crippen molar-refractivity contribution < 1.29 is 18.9 Å². The van der Waals surface area contributed by atoms with Gasteiger partial charge in [0.1, 0.15) is 45.6 Å². The largest absolute Gasteiger partial charge is 0.468 e. The van der Waals surface area contributed by atoms with E-state index in [-0.39, 0.29) is 17.9 Å². The molecule has 0 amide bonds. The smallest absolute Gasteiger partial charge is 0.260 e. The third-order valence-electron chi connectivity index (χ3n) is 8.99. The van der Waals surface area contributed by atoms with Crippen LogP contribution in [0.25, 0.3) is 22.3 Å². The van der Waals surface area contributed by atoms with E-state index in [0.717, 1.165) is 73.0 Å². The van der Waals surface area contributed by atoms with Gasteiger partial charge in [-0.25, -0.2) is 9.98 Å². The topological polar surface area (TPSA) is 87.4 Å². The Balaban J connectivity index is 1.04. The maximum atomic E-state index is 6.52. The number of aliphatic imine (C=N–C) groups is 2. The molecule has 0 fully saturated rings. The fourth-order valence-corrected chi connectivity index (χ4v) is 6.61. The van der Waals surface area contributed by atoms with E-state index >= 15 is 0 Å². The third kappa shape index (κ3) is 4.76. The first-order valence-electron chi connectivity index (χ1n) is 15.9. The first kappa shape index (κ1) is 27.8. The van der Waals surface area contributed by atoms with Crippen LogP contribution in [0.15, 0.2) is 101 Å². The number of benzene rings is 3. The zero-order valence-electron chi connectivity index (χ0n) is 26.6. The molecule has 0 radical (unpaired) electrons. The van der Waals surface area contributed by atoms with Gasteiger partial charge in [-0.3, -0.25) is 9.97 Å². The van der Waals surface area contributed by atoms with Gasteiger partial charge >= 0.3 is 0 Å². The molecule has 8 nitrogen and oxygen atoms in total. The van der Waals surface area contributed by atoms with Crippen molar-refractivity contribution in [3.8, 4) is 45.3 Å². The van der Waals surface area contributed by atoms with Crippen molar-refractivity contribution in [1.29, 1.82) is 0 Å². The van der Waals surface area contributed by atoms with Gasteiger partial charge in [-0.1, -0.05) is 42.5 Å². The Hall–Kier alpha value is -5.44. The first-order chi connectivity index (χ1) is 22.7. The highest BCUT2D eigenvalue weighted by Gasteiger charge is 2.40. The normalized spacial score (nSPS) is 17.6. The van der Waals surface area contributed by atoms with Gasteiger partial charge < -0.3 is 18.9 Å². The van der Waals surface area contributed by atoms with Gasteiger partial charge in [0.05, 0.1) is 13.1 Å². The lowest BCUT2D eigenvalue weighted by molar-refractivity contribution is 0.130. The standard InChI is InChI=1S/C38H31BN4O4/c1-37(2)20-42-35(46-37)28-14-10-24(18-40-28)22-8-12-26-32(16-22)44-30-6-5-7-31-34(30)39(26)27-13-9-23(17-33(27)45-31)25-11-15-29(41-19-25)36-43-21-38(3,4)47-36/h5-19H,20-21H2,1-4H3. The Morgan fingerprint density at radius 3 is 1.43 bits per heavy atom. The molecule has 9 rings (SSSR count). The minimum absolute atomic E-state index is 0.0282. The second-order valence-corrected chi connectivity index (χ2v) is 13.6. The predicted molar refractivity (Wildman–Crippen MR) is 184 cm³/mol. The van der Waals surface area contributed by atoms with E-state index in [1.807, 2.05) is 70.4 Å². The summed E-state index contributed by atoms with van der Waals surface area (Å²) in [5.41, 5.74) is 8.14. The van der Waals surface area contributed by atoms with Crippen LogP contribution < -0.4 is 25.9 Å². The van der Waals surface area contributed by atoms with Crippen molar-refractivity contribution in [2.45, 2.75) is 38.9 Å². The Kier molecular flexibility index (Phi) is 5.94. The zero-order chi connectivity index (χ0) is 31.9. The maximum Gasteiger partial charge on any atom is 0.260 e. The Labute approximate surface area is 273 Å². The minimum atomic E-state index is -0.298. The summed E-state index contributed by atoms with van der Waals surface area (Å²) >= 11 is 0. The van der Waals surface area contributed by atoms with Gasteiger partial charge in [0.2, 0.25) is 11.8 Å². The van der Waals surface area contributed by atoms with Crippen molar-refractivity contribution in [3.05, 3.63) is 103 Å². The Bertz CT molecular complexity index is 2010. The first-order valence-corrected chi connectivity index (χ1v) is 15.9. The lowest BCUT2D eigenvalue weighted by Gasteiger charge is -2.33. The molecule has 0 saturated carbocycles. The average molecular weight is 619 g/mol. The van der Waals surface area contributed by atoms with Gasteiger partial charge in [0.25, 0.3) is 6.71 Å². The minimum Gasteiger partial charge on any atom is -0.468 e. The lowest BCUT2D eigenvalue weighted by Crippen LogP contribution is -2.57. The molecule has 0 atom stereocenters. The van der Waals surface area contributed by atoms with E-state index in [0.29, 0.717) is 24.9 Å². The van der Waals surface area contributed by atoms with E-state index in [2.05, 4.69) is 68.5 Å². The predicted octanol–water partition coefficient (Wildman–Crippen LogP) is 5.65. The molecule has 4 aliphatic rings. The van der Waals surface area contributed by atoms with Gasteiger partial charge in [-0.15, -0.1) is 0 Å². The summed E-state index contributed by atoms with van der Waals surface area (Å²) in [4.78, 5) is 18.4. The van der Waals surface area contributed by atoms with Crippen LogP contribution in [0.3, 0.4) is 0 Å². The number of nitrogens with zero attached hydrogens (tertiary/aromatic N) is 4. The van der Waals surface area contributed by atoms with Gasteiger partial charge in [0.15, 0.2) is 0 Å². The zero-order valence-corrected chi connectivity index (χ0v) is 26.6. The molecule has 6 heterocycles. The SMILES string of the molecule is CC1(C)CN=C(c2ccc(-c3ccc4c(c3)Oc3cccc5c3B4c3ccc(-c4ccc(C6=NCC(C)(C)O6)nc4)cc3O5)cn2)O1. The summed E-state index contributed by atoms with van der Waals surface area (Å²) in [7, 11) is 0. The second kappa shape index (κ2) is 10.0. The second-order valence-electron chi connectivity index (χ2n) is 13.6. The molecule has 5 aromatic rings. The van der Waals surface area contributed by atoms with Crippen LogP contribution in [-0.2, 0) is 9.47 Å². The Morgan fingerprint density at radius 2 is 1.02 bits per heavy atom. The number of ether oxygens (including phenoxy) is 4. The highest BCUT2D eigenvalue weighted by Crippen LogP contribution is 2.37. The molecular formula is C38H31BN4O4. The fourth-order valence-electron chi connectivity index (χ4n) is 6.61. The summed E-state index contributed by atoms with van der Waals surface area (Å²) in [5, 5.41) is 0.